The molecule has 0 radical (unpaired) electrons. The van der Waals surface area contributed by atoms with E-state index in [0.29, 0.717) is 12.4 Å². The lowest BCUT2D eigenvalue weighted by atomic mass is 9.86. The Balaban J connectivity index is 2.68. The number of hydrogen-bond donors (Lipinski definition) is 1. The Kier molecular flexibility index (Phi) is 1.80. The van der Waals surface area contributed by atoms with Crippen molar-refractivity contribution in [1.29, 1.82) is 0 Å². The number of phenolic OH excluding ortho intramolecular Hbond substituents is 1. The second-order valence-electron chi connectivity index (χ2n) is 3.94. The molecule has 1 aliphatic rings. The SMILES string of the molecule is CC1(C)COc2ccc(Br)c(O)c21. The zero-order valence-electron chi connectivity index (χ0n) is 7.60. The van der Waals surface area contributed by atoms with Crippen molar-refractivity contribution in [1.82, 2.24) is 0 Å². The summed E-state index contributed by atoms with van der Waals surface area (Å²) in [5.74, 6) is 1.10. The Hall–Kier alpha value is -0.700. The Morgan fingerprint density at radius 2 is 2.15 bits per heavy atom. The van der Waals surface area contributed by atoms with Crippen LogP contribution in [0.5, 0.6) is 11.5 Å². The zero-order chi connectivity index (χ0) is 9.64. The molecule has 0 fully saturated rings. The van der Waals surface area contributed by atoms with Crippen molar-refractivity contribution in [2.24, 2.45) is 0 Å². The summed E-state index contributed by atoms with van der Waals surface area (Å²) >= 11 is 3.29. The molecule has 0 amide bonds. The van der Waals surface area contributed by atoms with Gasteiger partial charge in [0, 0.05) is 11.0 Å². The summed E-state index contributed by atoms with van der Waals surface area (Å²) in [5.41, 5.74) is 0.810. The first-order valence-electron chi connectivity index (χ1n) is 4.17. The molecule has 0 atom stereocenters. The topological polar surface area (TPSA) is 29.5 Å². The zero-order valence-corrected chi connectivity index (χ0v) is 9.18. The number of benzene rings is 1. The van der Waals surface area contributed by atoms with E-state index in [1.807, 2.05) is 6.07 Å². The fraction of sp³-hybridized carbons (Fsp3) is 0.400. The number of halogens is 1. The molecule has 0 unspecified atom stereocenters. The van der Waals surface area contributed by atoms with Gasteiger partial charge in [0.05, 0.1) is 11.1 Å². The average molecular weight is 243 g/mol. The molecule has 1 aliphatic heterocycles. The van der Waals surface area contributed by atoms with Crippen molar-refractivity contribution in [3.63, 3.8) is 0 Å². The molecule has 1 N–H and O–H groups in total. The third kappa shape index (κ3) is 1.22. The predicted molar refractivity (Wildman–Crippen MR) is 54.3 cm³/mol. The van der Waals surface area contributed by atoms with Gasteiger partial charge in [0.2, 0.25) is 0 Å². The van der Waals surface area contributed by atoms with Crippen LogP contribution in [0.2, 0.25) is 0 Å². The monoisotopic (exact) mass is 242 g/mol. The van der Waals surface area contributed by atoms with Gasteiger partial charge in [-0.3, -0.25) is 0 Å². The van der Waals surface area contributed by atoms with Crippen molar-refractivity contribution in [2.45, 2.75) is 19.3 Å². The van der Waals surface area contributed by atoms with Crippen LogP contribution in [0.3, 0.4) is 0 Å². The van der Waals surface area contributed by atoms with Crippen molar-refractivity contribution in [2.75, 3.05) is 6.61 Å². The minimum atomic E-state index is -0.0941. The van der Waals surface area contributed by atoms with Crippen LogP contribution in [0, 0.1) is 0 Å². The first kappa shape index (κ1) is 8.88. The molecule has 1 aromatic carbocycles. The molecular formula is C10H11BrO2. The Morgan fingerprint density at radius 1 is 1.46 bits per heavy atom. The van der Waals surface area contributed by atoms with Gasteiger partial charge in [-0.1, -0.05) is 13.8 Å². The van der Waals surface area contributed by atoms with E-state index in [4.69, 9.17) is 4.74 Å². The summed E-state index contributed by atoms with van der Waals surface area (Å²) in [6.45, 7) is 4.75. The van der Waals surface area contributed by atoms with Gasteiger partial charge < -0.3 is 9.84 Å². The number of ether oxygens (including phenoxy) is 1. The lowest BCUT2D eigenvalue weighted by Crippen LogP contribution is -2.18. The molecule has 0 spiro atoms. The van der Waals surface area contributed by atoms with Crippen LogP contribution in [0.15, 0.2) is 16.6 Å². The van der Waals surface area contributed by atoms with Crippen LogP contribution in [-0.2, 0) is 5.41 Å². The largest absolute Gasteiger partial charge is 0.506 e. The predicted octanol–water partition coefficient (Wildman–Crippen LogP) is 2.82. The maximum atomic E-state index is 9.83. The van der Waals surface area contributed by atoms with Crippen LogP contribution >= 0.6 is 15.9 Å². The van der Waals surface area contributed by atoms with E-state index >= 15 is 0 Å². The van der Waals surface area contributed by atoms with Crippen molar-refractivity contribution in [3.05, 3.63) is 22.2 Å². The quantitative estimate of drug-likeness (QED) is 0.759. The van der Waals surface area contributed by atoms with Crippen molar-refractivity contribution in [3.8, 4) is 11.5 Å². The van der Waals surface area contributed by atoms with Gasteiger partial charge in [0.25, 0.3) is 0 Å². The van der Waals surface area contributed by atoms with E-state index in [1.54, 1.807) is 6.07 Å². The summed E-state index contributed by atoms with van der Waals surface area (Å²) in [6.07, 6.45) is 0. The molecule has 1 aromatic rings. The van der Waals surface area contributed by atoms with Crippen molar-refractivity contribution >= 4 is 15.9 Å². The van der Waals surface area contributed by atoms with Crippen LogP contribution < -0.4 is 4.74 Å². The maximum Gasteiger partial charge on any atom is 0.137 e. The normalized spacial score (nSPS) is 18.1. The molecule has 2 nitrogen and oxygen atoms in total. The highest BCUT2D eigenvalue weighted by Crippen LogP contribution is 2.46. The van der Waals surface area contributed by atoms with Crippen LogP contribution in [0.1, 0.15) is 19.4 Å². The number of hydrogen-bond acceptors (Lipinski definition) is 2. The van der Waals surface area contributed by atoms with Crippen molar-refractivity contribution < 1.29 is 9.84 Å². The molecule has 0 bridgehead atoms. The minimum Gasteiger partial charge on any atom is -0.506 e. The Labute approximate surface area is 85.7 Å². The average Bonchev–Trinajstić information content (AvgIpc) is 2.35. The molecule has 0 aromatic heterocycles. The van der Waals surface area contributed by atoms with Gasteiger partial charge in [-0.05, 0) is 28.1 Å². The van der Waals surface area contributed by atoms with E-state index in [0.717, 1.165) is 15.8 Å². The van der Waals surface area contributed by atoms with Gasteiger partial charge in [-0.25, -0.2) is 0 Å². The highest BCUT2D eigenvalue weighted by Gasteiger charge is 2.35. The maximum absolute atomic E-state index is 9.83. The van der Waals surface area contributed by atoms with Crippen LogP contribution in [0.4, 0.5) is 0 Å². The molecular weight excluding hydrogens is 232 g/mol. The fourth-order valence-electron chi connectivity index (χ4n) is 1.65. The molecule has 70 valence electrons. The first-order valence-corrected chi connectivity index (χ1v) is 4.96. The molecule has 0 saturated carbocycles. The molecule has 13 heavy (non-hydrogen) atoms. The lowest BCUT2D eigenvalue weighted by molar-refractivity contribution is 0.290. The van der Waals surface area contributed by atoms with Gasteiger partial charge in [-0.2, -0.15) is 0 Å². The fourth-order valence-corrected chi connectivity index (χ4v) is 1.98. The number of rotatable bonds is 0. The highest BCUT2D eigenvalue weighted by molar-refractivity contribution is 9.10. The number of aromatic hydroxyl groups is 1. The van der Waals surface area contributed by atoms with Crippen LogP contribution in [0.25, 0.3) is 0 Å². The molecule has 2 rings (SSSR count). The summed E-state index contributed by atoms with van der Waals surface area (Å²) in [7, 11) is 0. The minimum absolute atomic E-state index is 0.0941. The van der Waals surface area contributed by atoms with E-state index < -0.39 is 0 Å². The molecule has 3 heteroatoms. The third-order valence-corrected chi connectivity index (χ3v) is 3.00. The summed E-state index contributed by atoms with van der Waals surface area (Å²) < 4.78 is 6.20. The summed E-state index contributed by atoms with van der Waals surface area (Å²) in [6, 6.07) is 3.68. The van der Waals surface area contributed by atoms with Gasteiger partial charge in [0.1, 0.15) is 11.5 Å². The van der Waals surface area contributed by atoms with E-state index in [-0.39, 0.29) is 5.41 Å². The van der Waals surface area contributed by atoms with Gasteiger partial charge in [0.15, 0.2) is 0 Å². The lowest BCUT2D eigenvalue weighted by Gasteiger charge is -2.16. The summed E-state index contributed by atoms with van der Waals surface area (Å²) in [4.78, 5) is 0. The standard InChI is InChI=1S/C10H11BrO2/c1-10(2)5-13-7-4-3-6(11)9(12)8(7)10/h3-4,12H,5H2,1-2H3. The van der Waals surface area contributed by atoms with E-state index in [1.165, 1.54) is 0 Å². The molecule has 1 heterocycles. The van der Waals surface area contributed by atoms with E-state index in [2.05, 4.69) is 29.8 Å². The Bertz CT molecular complexity index is 358. The van der Waals surface area contributed by atoms with E-state index in [9.17, 15) is 5.11 Å². The second-order valence-corrected chi connectivity index (χ2v) is 4.80. The number of fused-ring (bicyclic) bond motifs is 1. The van der Waals surface area contributed by atoms with Crippen LogP contribution in [-0.4, -0.2) is 11.7 Å². The summed E-state index contributed by atoms with van der Waals surface area (Å²) in [5, 5.41) is 9.83. The third-order valence-electron chi connectivity index (χ3n) is 2.36. The van der Waals surface area contributed by atoms with Gasteiger partial charge in [-0.15, -0.1) is 0 Å². The Morgan fingerprint density at radius 3 is 2.85 bits per heavy atom. The first-order chi connectivity index (χ1) is 6.02. The number of phenols is 1. The second kappa shape index (κ2) is 2.64. The molecule has 0 aliphatic carbocycles. The molecule has 0 saturated heterocycles. The smallest absolute Gasteiger partial charge is 0.137 e. The highest BCUT2D eigenvalue weighted by atomic mass is 79.9. The van der Waals surface area contributed by atoms with Gasteiger partial charge >= 0.3 is 0 Å².